The number of hydrogen-bond donors (Lipinski definition) is 0. The molecule has 0 spiro atoms. The third kappa shape index (κ3) is 3.39. The maximum Gasteiger partial charge on any atom is 0.227 e. The third-order valence-electron chi connectivity index (χ3n) is 3.27. The quantitative estimate of drug-likeness (QED) is 0.852. The highest BCUT2D eigenvalue weighted by molar-refractivity contribution is 6.31. The van der Waals surface area contributed by atoms with E-state index in [1.54, 1.807) is 7.11 Å². The van der Waals surface area contributed by atoms with Crippen molar-refractivity contribution >= 4 is 17.5 Å². The minimum atomic E-state index is 0.0847. The summed E-state index contributed by atoms with van der Waals surface area (Å²) in [6.45, 7) is 4.44. The van der Waals surface area contributed by atoms with Crippen molar-refractivity contribution in [1.29, 1.82) is 0 Å². The molecule has 0 bridgehead atoms. The Bertz CT molecular complexity index is 470. The van der Waals surface area contributed by atoms with Gasteiger partial charge in [-0.2, -0.15) is 0 Å². The molecule has 1 amide bonds. The zero-order chi connectivity index (χ0) is 13.8. The number of carbonyl (C=O) groups is 1. The molecule has 0 N–H and O–H groups in total. The second-order valence-electron chi connectivity index (χ2n) is 4.58. The van der Waals surface area contributed by atoms with Gasteiger partial charge in [0.15, 0.2) is 0 Å². The van der Waals surface area contributed by atoms with Gasteiger partial charge in [0.05, 0.1) is 26.7 Å². The molecule has 4 nitrogen and oxygen atoms in total. The Morgan fingerprint density at radius 1 is 1.42 bits per heavy atom. The molecule has 1 fully saturated rings. The number of carbonyl (C=O) groups excluding carboxylic acids is 1. The fourth-order valence-electron chi connectivity index (χ4n) is 2.11. The summed E-state index contributed by atoms with van der Waals surface area (Å²) in [5.41, 5.74) is 1.77. The van der Waals surface area contributed by atoms with E-state index in [1.807, 2.05) is 24.0 Å². The summed E-state index contributed by atoms with van der Waals surface area (Å²) in [6.07, 6.45) is 0.309. The van der Waals surface area contributed by atoms with E-state index < -0.39 is 0 Å². The van der Waals surface area contributed by atoms with Crippen LogP contribution in [0.2, 0.25) is 5.02 Å². The van der Waals surface area contributed by atoms with Gasteiger partial charge in [0, 0.05) is 23.7 Å². The number of amides is 1. The van der Waals surface area contributed by atoms with Gasteiger partial charge in [-0.25, -0.2) is 0 Å². The Kier molecular flexibility index (Phi) is 4.66. The average Bonchev–Trinajstić information content (AvgIpc) is 2.43. The molecule has 1 heterocycles. The van der Waals surface area contributed by atoms with E-state index in [0.29, 0.717) is 43.5 Å². The summed E-state index contributed by atoms with van der Waals surface area (Å²) in [6, 6.07) is 3.68. The number of ether oxygens (including phenoxy) is 2. The van der Waals surface area contributed by atoms with Crippen molar-refractivity contribution in [3.63, 3.8) is 0 Å². The van der Waals surface area contributed by atoms with Crippen molar-refractivity contribution < 1.29 is 14.3 Å². The van der Waals surface area contributed by atoms with Crippen molar-refractivity contribution in [2.75, 3.05) is 33.4 Å². The zero-order valence-corrected chi connectivity index (χ0v) is 12.0. The maximum absolute atomic E-state index is 12.2. The summed E-state index contributed by atoms with van der Waals surface area (Å²) in [5, 5.41) is 0.658. The predicted octanol–water partition coefficient (Wildman–Crippen LogP) is 2.06. The van der Waals surface area contributed by atoms with Crippen LogP contribution in [-0.2, 0) is 16.0 Å². The Labute approximate surface area is 118 Å². The van der Waals surface area contributed by atoms with Gasteiger partial charge in [-0.05, 0) is 24.6 Å². The van der Waals surface area contributed by atoms with Crippen LogP contribution >= 0.6 is 11.6 Å². The van der Waals surface area contributed by atoms with Gasteiger partial charge in [0.2, 0.25) is 5.91 Å². The Balaban J connectivity index is 2.13. The molecule has 1 aromatic rings. The van der Waals surface area contributed by atoms with Gasteiger partial charge < -0.3 is 14.4 Å². The molecule has 0 unspecified atom stereocenters. The molecular weight excluding hydrogens is 266 g/mol. The van der Waals surface area contributed by atoms with Crippen molar-refractivity contribution in [1.82, 2.24) is 4.90 Å². The standard InChI is InChI=1S/C14H18ClNO3/c1-10-7-13(18-2)11(8-12(10)15)9-14(17)16-3-5-19-6-4-16/h7-8H,3-6,9H2,1-2H3. The van der Waals surface area contributed by atoms with E-state index in [1.165, 1.54) is 0 Å². The first kappa shape index (κ1) is 14.2. The summed E-state index contributed by atoms with van der Waals surface area (Å²) in [5.74, 6) is 0.796. The molecule has 1 aromatic carbocycles. The smallest absolute Gasteiger partial charge is 0.227 e. The average molecular weight is 284 g/mol. The summed E-state index contributed by atoms with van der Waals surface area (Å²) in [7, 11) is 1.60. The normalized spacial score (nSPS) is 15.4. The molecule has 1 aliphatic heterocycles. The van der Waals surface area contributed by atoms with Crippen LogP contribution < -0.4 is 4.74 Å². The lowest BCUT2D eigenvalue weighted by Gasteiger charge is -2.27. The molecule has 2 rings (SSSR count). The van der Waals surface area contributed by atoms with E-state index in [4.69, 9.17) is 21.1 Å². The Hall–Kier alpha value is -1.26. The molecule has 0 saturated carbocycles. The molecular formula is C14H18ClNO3. The number of nitrogens with zero attached hydrogens (tertiary/aromatic N) is 1. The van der Waals surface area contributed by atoms with Crippen LogP contribution in [-0.4, -0.2) is 44.2 Å². The topological polar surface area (TPSA) is 38.8 Å². The lowest BCUT2D eigenvalue weighted by Crippen LogP contribution is -2.41. The number of aryl methyl sites for hydroxylation is 1. The zero-order valence-electron chi connectivity index (χ0n) is 11.2. The van der Waals surface area contributed by atoms with E-state index in [9.17, 15) is 4.79 Å². The fraction of sp³-hybridized carbons (Fsp3) is 0.500. The van der Waals surface area contributed by atoms with Crippen LogP contribution in [0.5, 0.6) is 5.75 Å². The number of morpholine rings is 1. The molecule has 0 aliphatic carbocycles. The monoisotopic (exact) mass is 283 g/mol. The molecule has 0 atom stereocenters. The van der Waals surface area contributed by atoms with E-state index >= 15 is 0 Å². The van der Waals surface area contributed by atoms with Crippen molar-refractivity contribution in [2.24, 2.45) is 0 Å². The molecule has 1 saturated heterocycles. The molecule has 0 radical (unpaired) electrons. The van der Waals surface area contributed by atoms with Crippen LogP contribution in [0.15, 0.2) is 12.1 Å². The summed E-state index contributed by atoms with van der Waals surface area (Å²) >= 11 is 6.11. The van der Waals surface area contributed by atoms with Gasteiger partial charge in [-0.15, -0.1) is 0 Å². The Morgan fingerprint density at radius 3 is 2.74 bits per heavy atom. The van der Waals surface area contributed by atoms with E-state index in [-0.39, 0.29) is 5.91 Å². The van der Waals surface area contributed by atoms with Gasteiger partial charge >= 0.3 is 0 Å². The number of hydrogen-bond acceptors (Lipinski definition) is 3. The van der Waals surface area contributed by atoms with E-state index in [0.717, 1.165) is 11.1 Å². The van der Waals surface area contributed by atoms with Crippen LogP contribution in [0.3, 0.4) is 0 Å². The highest BCUT2D eigenvalue weighted by atomic mass is 35.5. The van der Waals surface area contributed by atoms with Crippen molar-refractivity contribution in [3.8, 4) is 5.75 Å². The SMILES string of the molecule is COc1cc(C)c(Cl)cc1CC(=O)N1CCOCC1. The molecule has 104 valence electrons. The third-order valence-corrected chi connectivity index (χ3v) is 3.67. The van der Waals surface area contributed by atoms with Gasteiger partial charge in [0.1, 0.15) is 5.75 Å². The highest BCUT2D eigenvalue weighted by Gasteiger charge is 2.19. The number of rotatable bonds is 3. The Morgan fingerprint density at radius 2 is 2.11 bits per heavy atom. The van der Waals surface area contributed by atoms with Crippen LogP contribution in [0, 0.1) is 6.92 Å². The van der Waals surface area contributed by atoms with Gasteiger partial charge in [-0.3, -0.25) is 4.79 Å². The largest absolute Gasteiger partial charge is 0.496 e. The molecule has 1 aliphatic rings. The first-order valence-electron chi connectivity index (χ1n) is 6.30. The molecule has 19 heavy (non-hydrogen) atoms. The van der Waals surface area contributed by atoms with Crippen molar-refractivity contribution in [2.45, 2.75) is 13.3 Å². The number of halogens is 1. The highest BCUT2D eigenvalue weighted by Crippen LogP contribution is 2.27. The van der Waals surface area contributed by atoms with Crippen LogP contribution in [0.1, 0.15) is 11.1 Å². The summed E-state index contributed by atoms with van der Waals surface area (Å²) < 4.78 is 10.6. The maximum atomic E-state index is 12.2. The first-order valence-corrected chi connectivity index (χ1v) is 6.68. The number of benzene rings is 1. The lowest BCUT2D eigenvalue weighted by atomic mass is 10.1. The second kappa shape index (κ2) is 6.26. The first-order chi connectivity index (χ1) is 9.11. The molecule has 5 heteroatoms. The van der Waals surface area contributed by atoms with Crippen LogP contribution in [0.25, 0.3) is 0 Å². The van der Waals surface area contributed by atoms with Gasteiger partial charge in [0.25, 0.3) is 0 Å². The summed E-state index contributed by atoms with van der Waals surface area (Å²) in [4.78, 5) is 14.0. The van der Waals surface area contributed by atoms with Gasteiger partial charge in [-0.1, -0.05) is 11.6 Å². The minimum Gasteiger partial charge on any atom is -0.496 e. The van der Waals surface area contributed by atoms with E-state index in [2.05, 4.69) is 0 Å². The number of methoxy groups -OCH3 is 1. The van der Waals surface area contributed by atoms with Crippen molar-refractivity contribution in [3.05, 3.63) is 28.3 Å². The van der Waals surface area contributed by atoms with Crippen LogP contribution in [0.4, 0.5) is 0 Å². The molecule has 0 aromatic heterocycles. The predicted molar refractivity (Wildman–Crippen MR) is 73.8 cm³/mol. The fourth-order valence-corrected chi connectivity index (χ4v) is 2.30. The lowest BCUT2D eigenvalue weighted by molar-refractivity contribution is -0.134. The second-order valence-corrected chi connectivity index (χ2v) is 4.99. The minimum absolute atomic E-state index is 0.0847.